The van der Waals surface area contributed by atoms with Crippen LogP contribution in [0.1, 0.15) is 28.7 Å². The molecule has 0 aliphatic carbocycles. The first-order chi connectivity index (χ1) is 7.93. The Balaban J connectivity index is 2.54. The second-order valence-corrected chi connectivity index (χ2v) is 4.75. The second-order valence-electron chi connectivity index (χ2n) is 4.00. The average Bonchev–Trinajstić information content (AvgIpc) is 2.69. The maximum Gasteiger partial charge on any atom is 0.154 e. The summed E-state index contributed by atoms with van der Waals surface area (Å²) in [6.45, 7) is 3.81. The van der Waals surface area contributed by atoms with Crippen molar-refractivity contribution in [1.82, 2.24) is 24.8 Å². The van der Waals surface area contributed by atoms with Crippen LogP contribution >= 0.6 is 15.9 Å². The van der Waals surface area contributed by atoms with Gasteiger partial charge in [-0.3, -0.25) is 4.68 Å². The Morgan fingerprint density at radius 3 is 2.29 bits per heavy atom. The van der Waals surface area contributed by atoms with Gasteiger partial charge in [-0.05, 0) is 29.8 Å². The van der Waals surface area contributed by atoms with E-state index < -0.39 is 6.10 Å². The largest absolute Gasteiger partial charge is 0.382 e. The first-order valence-corrected chi connectivity index (χ1v) is 5.96. The molecule has 0 bridgehead atoms. The predicted molar refractivity (Wildman–Crippen MR) is 65.4 cm³/mol. The molecule has 2 heterocycles. The topological polar surface area (TPSA) is 68.8 Å². The van der Waals surface area contributed by atoms with Crippen molar-refractivity contribution < 1.29 is 5.11 Å². The Bertz CT molecular complexity index is 540. The quantitative estimate of drug-likeness (QED) is 0.898. The Morgan fingerprint density at radius 1 is 1.24 bits per heavy atom. The van der Waals surface area contributed by atoms with Crippen LogP contribution in [0, 0.1) is 13.8 Å². The molecule has 1 N–H and O–H groups in total. The van der Waals surface area contributed by atoms with Gasteiger partial charge in [-0.15, -0.1) is 5.10 Å². The number of aliphatic hydroxyl groups excluding tert-OH is 1. The van der Waals surface area contributed by atoms with Crippen LogP contribution in [0.5, 0.6) is 0 Å². The van der Waals surface area contributed by atoms with Crippen LogP contribution < -0.4 is 0 Å². The number of aliphatic hydroxyl groups is 1. The summed E-state index contributed by atoms with van der Waals surface area (Å²) < 4.78 is 3.86. The molecule has 0 saturated heterocycles. The number of aromatic nitrogens is 5. The third-order valence-electron chi connectivity index (χ3n) is 2.92. The molecular weight excluding hydrogens is 286 g/mol. The minimum Gasteiger partial charge on any atom is -0.382 e. The van der Waals surface area contributed by atoms with Gasteiger partial charge >= 0.3 is 0 Å². The highest BCUT2D eigenvalue weighted by Crippen LogP contribution is 2.30. The van der Waals surface area contributed by atoms with Crippen LogP contribution in [0.3, 0.4) is 0 Å². The van der Waals surface area contributed by atoms with E-state index in [-0.39, 0.29) is 0 Å². The molecule has 0 aromatic carbocycles. The van der Waals surface area contributed by atoms with E-state index in [0.717, 1.165) is 17.0 Å². The van der Waals surface area contributed by atoms with Gasteiger partial charge in [0.15, 0.2) is 4.60 Å². The highest BCUT2D eigenvalue weighted by molar-refractivity contribution is 9.10. The lowest BCUT2D eigenvalue weighted by atomic mass is 10.1. The van der Waals surface area contributed by atoms with Gasteiger partial charge in [0.05, 0.1) is 5.69 Å². The van der Waals surface area contributed by atoms with E-state index in [9.17, 15) is 5.11 Å². The summed E-state index contributed by atoms with van der Waals surface area (Å²) in [5.74, 6) is 0. The normalized spacial score (nSPS) is 13.1. The van der Waals surface area contributed by atoms with Crippen LogP contribution in [-0.4, -0.2) is 29.9 Å². The molecule has 0 spiro atoms. The van der Waals surface area contributed by atoms with Crippen molar-refractivity contribution >= 4 is 15.9 Å². The maximum atomic E-state index is 10.4. The van der Waals surface area contributed by atoms with E-state index in [1.54, 1.807) is 16.4 Å². The number of aryl methyl sites for hydroxylation is 3. The number of rotatable bonds is 2. The molecule has 0 radical (unpaired) electrons. The SMILES string of the molecule is Cc1nn(C)c(C)c1C(O)c1c(Br)nnn1C. The van der Waals surface area contributed by atoms with Crippen molar-refractivity contribution in [3.63, 3.8) is 0 Å². The summed E-state index contributed by atoms with van der Waals surface area (Å²) in [6, 6.07) is 0. The fourth-order valence-electron chi connectivity index (χ4n) is 1.95. The summed E-state index contributed by atoms with van der Waals surface area (Å²) in [7, 11) is 3.60. The van der Waals surface area contributed by atoms with E-state index in [1.165, 1.54) is 0 Å². The van der Waals surface area contributed by atoms with Crippen molar-refractivity contribution in [2.45, 2.75) is 20.0 Å². The molecule has 17 heavy (non-hydrogen) atoms. The van der Waals surface area contributed by atoms with Gasteiger partial charge in [-0.1, -0.05) is 5.21 Å². The summed E-state index contributed by atoms with van der Waals surface area (Å²) in [5.41, 5.74) is 3.18. The van der Waals surface area contributed by atoms with Crippen LogP contribution in [0.2, 0.25) is 0 Å². The molecule has 1 unspecified atom stereocenters. The standard InChI is InChI=1S/C10H14BrN5O/c1-5-7(6(2)15(3)13-5)9(17)8-10(11)12-14-16(8)4/h9,17H,1-4H3. The van der Waals surface area contributed by atoms with Gasteiger partial charge in [0.1, 0.15) is 11.8 Å². The molecule has 2 rings (SSSR count). The Kier molecular flexibility index (Phi) is 3.05. The molecular formula is C10H14BrN5O. The molecule has 7 heteroatoms. The summed E-state index contributed by atoms with van der Waals surface area (Å²) in [6.07, 6.45) is -0.780. The molecule has 2 aromatic heterocycles. The molecule has 0 saturated carbocycles. The fourth-order valence-corrected chi connectivity index (χ4v) is 2.50. The van der Waals surface area contributed by atoms with Gasteiger partial charge < -0.3 is 5.11 Å². The van der Waals surface area contributed by atoms with Crippen molar-refractivity contribution in [2.24, 2.45) is 14.1 Å². The third kappa shape index (κ3) is 1.89. The van der Waals surface area contributed by atoms with E-state index >= 15 is 0 Å². The molecule has 0 amide bonds. The highest BCUT2D eigenvalue weighted by Gasteiger charge is 2.25. The lowest BCUT2D eigenvalue weighted by Crippen LogP contribution is -2.09. The van der Waals surface area contributed by atoms with Crippen molar-refractivity contribution in [3.05, 3.63) is 27.2 Å². The van der Waals surface area contributed by atoms with E-state index in [2.05, 4.69) is 31.3 Å². The zero-order chi connectivity index (χ0) is 12.7. The number of halogens is 1. The van der Waals surface area contributed by atoms with Crippen LogP contribution in [0.15, 0.2) is 4.60 Å². The summed E-state index contributed by atoms with van der Waals surface area (Å²) >= 11 is 3.29. The molecule has 1 atom stereocenters. The Morgan fingerprint density at radius 2 is 1.88 bits per heavy atom. The summed E-state index contributed by atoms with van der Waals surface area (Å²) in [5, 5.41) is 22.5. The third-order valence-corrected chi connectivity index (χ3v) is 3.49. The van der Waals surface area contributed by atoms with Gasteiger partial charge in [0.2, 0.25) is 0 Å². The first kappa shape index (κ1) is 12.3. The monoisotopic (exact) mass is 299 g/mol. The molecule has 6 nitrogen and oxygen atoms in total. The predicted octanol–water partition coefficient (Wildman–Crippen LogP) is 1.01. The molecule has 92 valence electrons. The first-order valence-electron chi connectivity index (χ1n) is 5.16. The van der Waals surface area contributed by atoms with Gasteiger partial charge in [-0.25, -0.2) is 4.68 Å². The highest BCUT2D eigenvalue weighted by atomic mass is 79.9. The van der Waals surface area contributed by atoms with E-state index in [1.807, 2.05) is 20.9 Å². The minimum atomic E-state index is -0.780. The van der Waals surface area contributed by atoms with Crippen LogP contribution in [0.4, 0.5) is 0 Å². The fraction of sp³-hybridized carbons (Fsp3) is 0.500. The number of hydrogen-bond donors (Lipinski definition) is 1. The van der Waals surface area contributed by atoms with Gasteiger partial charge in [-0.2, -0.15) is 5.10 Å². The lowest BCUT2D eigenvalue weighted by molar-refractivity contribution is 0.207. The molecule has 0 fully saturated rings. The molecule has 2 aromatic rings. The molecule has 0 aliphatic rings. The second kappa shape index (κ2) is 4.23. The smallest absolute Gasteiger partial charge is 0.154 e. The summed E-state index contributed by atoms with van der Waals surface area (Å²) in [4.78, 5) is 0. The van der Waals surface area contributed by atoms with Crippen molar-refractivity contribution in [3.8, 4) is 0 Å². The Labute approximate surface area is 107 Å². The average molecular weight is 300 g/mol. The van der Waals surface area contributed by atoms with Gasteiger partial charge in [0, 0.05) is 25.4 Å². The Hall–Kier alpha value is -1.21. The van der Waals surface area contributed by atoms with E-state index in [0.29, 0.717) is 10.3 Å². The van der Waals surface area contributed by atoms with Gasteiger partial charge in [0.25, 0.3) is 0 Å². The minimum absolute atomic E-state index is 0.551. The van der Waals surface area contributed by atoms with Crippen LogP contribution in [0.25, 0.3) is 0 Å². The molecule has 0 aliphatic heterocycles. The lowest BCUT2D eigenvalue weighted by Gasteiger charge is -2.11. The zero-order valence-electron chi connectivity index (χ0n) is 10.1. The zero-order valence-corrected chi connectivity index (χ0v) is 11.7. The van der Waals surface area contributed by atoms with Crippen molar-refractivity contribution in [1.29, 1.82) is 0 Å². The van der Waals surface area contributed by atoms with Crippen LogP contribution in [-0.2, 0) is 14.1 Å². The number of nitrogens with zero attached hydrogens (tertiary/aromatic N) is 5. The van der Waals surface area contributed by atoms with Crippen molar-refractivity contribution in [2.75, 3.05) is 0 Å². The number of hydrogen-bond acceptors (Lipinski definition) is 4. The van der Waals surface area contributed by atoms with E-state index in [4.69, 9.17) is 0 Å². The maximum absolute atomic E-state index is 10.4.